The maximum absolute atomic E-state index is 5.66. The maximum atomic E-state index is 5.66. The van der Waals surface area contributed by atoms with Crippen molar-refractivity contribution in [2.75, 3.05) is 23.3 Å². The van der Waals surface area contributed by atoms with Gasteiger partial charge in [-0.1, -0.05) is 0 Å². The van der Waals surface area contributed by atoms with Crippen LogP contribution < -0.4 is 15.0 Å². The average molecular weight is 314 g/mol. The molecule has 0 saturated carbocycles. The fourth-order valence-corrected chi connectivity index (χ4v) is 2.30. The van der Waals surface area contributed by atoms with E-state index in [1.54, 1.807) is 0 Å². The highest BCUT2D eigenvalue weighted by Gasteiger charge is 2.08. The van der Waals surface area contributed by atoms with E-state index in [0.29, 0.717) is 0 Å². The predicted octanol–water partition coefficient (Wildman–Crippen LogP) is 4.16. The van der Waals surface area contributed by atoms with Crippen molar-refractivity contribution in [3.8, 4) is 5.75 Å². The minimum atomic E-state index is 0.176. The number of aryl methyl sites for hydroxylation is 1. The van der Waals surface area contributed by atoms with Crippen molar-refractivity contribution in [2.45, 2.75) is 40.7 Å². The Labute approximate surface area is 138 Å². The standard InChI is InChI=1S/C18H26N4O/c1-6-22(7-2)18-19-14(5)12-17(21-18)20-15-8-10-16(11-9-15)23-13(3)4/h8-13H,6-7H2,1-5H3,(H,19,20,21). The van der Waals surface area contributed by atoms with Gasteiger partial charge in [-0.3, -0.25) is 0 Å². The van der Waals surface area contributed by atoms with Crippen molar-refractivity contribution in [3.05, 3.63) is 36.0 Å². The molecule has 0 fully saturated rings. The molecule has 0 unspecified atom stereocenters. The van der Waals surface area contributed by atoms with Gasteiger partial charge in [0.05, 0.1) is 6.10 Å². The minimum Gasteiger partial charge on any atom is -0.491 e. The molecule has 5 heteroatoms. The Kier molecular flexibility index (Phi) is 5.79. The average Bonchev–Trinajstić information content (AvgIpc) is 2.49. The monoisotopic (exact) mass is 314 g/mol. The largest absolute Gasteiger partial charge is 0.491 e. The summed E-state index contributed by atoms with van der Waals surface area (Å²) in [6.45, 7) is 12.0. The number of hydrogen-bond donors (Lipinski definition) is 1. The lowest BCUT2D eigenvalue weighted by Crippen LogP contribution is -2.24. The molecule has 0 aliphatic heterocycles. The highest BCUT2D eigenvalue weighted by molar-refractivity contribution is 5.58. The third kappa shape index (κ3) is 4.84. The van der Waals surface area contributed by atoms with E-state index >= 15 is 0 Å². The van der Waals surface area contributed by atoms with E-state index in [0.717, 1.165) is 42.0 Å². The first-order valence-corrected chi connectivity index (χ1v) is 8.16. The molecule has 0 saturated heterocycles. The van der Waals surface area contributed by atoms with Gasteiger partial charge in [0.2, 0.25) is 5.95 Å². The normalized spacial score (nSPS) is 10.7. The van der Waals surface area contributed by atoms with Crippen molar-refractivity contribution >= 4 is 17.5 Å². The molecule has 5 nitrogen and oxygen atoms in total. The van der Waals surface area contributed by atoms with E-state index in [9.17, 15) is 0 Å². The highest BCUT2D eigenvalue weighted by atomic mass is 16.5. The number of anilines is 3. The van der Waals surface area contributed by atoms with Crippen molar-refractivity contribution in [3.63, 3.8) is 0 Å². The van der Waals surface area contributed by atoms with E-state index in [1.807, 2.05) is 51.1 Å². The van der Waals surface area contributed by atoms with E-state index in [2.05, 4.69) is 34.0 Å². The summed E-state index contributed by atoms with van der Waals surface area (Å²) in [6.07, 6.45) is 0.176. The highest BCUT2D eigenvalue weighted by Crippen LogP contribution is 2.21. The zero-order valence-electron chi connectivity index (χ0n) is 14.6. The van der Waals surface area contributed by atoms with E-state index < -0.39 is 0 Å². The Morgan fingerprint density at radius 2 is 1.74 bits per heavy atom. The zero-order chi connectivity index (χ0) is 16.8. The summed E-state index contributed by atoms with van der Waals surface area (Å²) in [5, 5.41) is 3.34. The summed E-state index contributed by atoms with van der Waals surface area (Å²) < 4.78 is 5.66. The van der Waals surface area contributed by atoms with Crippen LogP contribution in [0.4, 0.5) is 17.5 Å². The topological polar surface area (TPSA) is 50.3 Å². The summed E-state index contributed by atoms with van der Waals surface area (Å²) in [4.78, 5) is 11.3. The number of ether oxygens (including phenoxy) is 1. The molecule has 0 amide bonds. The van der Waals surface area contributed by atoms with E-state index in [-0.39, 0.29) is 6.10 Å². The van der Waals surface area contributed by atoms with Gasteiger partial charge < -0.3 is 15.0 Å². The van der Waals surface area contributed by atoms with Gasteiger partial charge >= 0.3 is 0 Å². The van der Waals surface area contributed by atoms with Gasteiger partial charge in [0.25, 0.3) is 0 Å². The van der Waals surface area contributed by atoms with Gasteiger partial charge in [-0.25, -0.2) is 4.98 Å². The second-order valence-corrected chi connectivity index (χ2v) is 5.68. The van der Waals surface area contributed by atoms with Gasteiger partial charge in [-0.05, 0) is 58.9 Å². The Morgan fingerprint density at radius 3 is 2.30 bits per heavy atom. The quantitative estimate of drug-likeness (QED) is 0.831. The molecular weight excluding hydrogens is 288 g/mol. The lowest BCUT2D eigenvalue weighted by molar-refractivity contribution is 0.242. The van der Waals surface area contributed by atoms with Gasteiger partial charge in [0.1, 0.15) is 11.6 Å². The SMILES string of the molecule is CCN(CC)c1nc(C)cc(Nc2ccc(OC(C)C)cc2)n1. The van der Waals surface area contributed by atoms with Crippen molar-refractivity contribution in [2.24, 2.45) is 0 Å². The molecule has 0 atom stereocenters. The molecule has 124 valence electrons. The van der Waals surface area contributed by atoms with Gasteiger partial charge in [-0.2, -0.15) is 4.98 Å². The maximum Gasteiger partial charge on any atom is 0.227 e. The molecule has 1 aromatic heterocycles. The van der Waals surface area contributed by atoms with Gasteiger partial charge in [0, 0.05) is 30.5 Å². The summed E-state index contributed by atoms with van der Waals surface area (Å²) >= 11 is 0. The molecule has 23 heavy (non-hydrogen) atoms. The Bertz CT molecular complexity index is 621. The number of hydrogen-bond acceptors (Lipinski definition) is 5. The molecule has 0 radical (unpaired) electrons. The smallest absolute Gasteiger partial charge is 0.227 e. The fourth-order valence-electron chi connectivity index (χ4n) is 2.30. The second-order valence-electron chi connectivity index (χ2n) is 5.68. The zero-order valence-corrected chi connectivity index (χ0v) is 14.6. The summed E-state index contributed by atoms with van der Waals surface area (Å²) in [6, 6.07) is 9.85. The predicted molar refractivity (Wildman–Crippen MR) is 95.8 cm³/mol. The van der Waals surface area contributed by atoms with Crippen LogP contribution >= 0.6 is 0 Å². The summed E-state index contributed by atoms with van der Waals surface area (Å²) in [5.74, 6) is 2.43. The van der Waals surface area contributed by atoms with Crippen LogP contribution in [-0.2, 0) is 0 Å². The Hall–Kier alpha value is -2.30. The van der Waals surface area contributed by atoms with Crippen LogP contribution in [0.1, 0.15) is 33.4 Å². The first kappa shape index (κ1) is 17.1. The molecule has 0 aliphatic carbocycles. The first-order chi connectivity index (χ1) is 11.0. The van der Waals surface area contributed by atoms with Gasteiger partial charge in [0.15, 0.2) is 0 Å². The van der Waals surface area contributed by atoms with Crippen LogP contribution in [0.15, 0.2) is 30.3 Å². The molecular formula is C18H26N4O. The summed E-state index contributed by atoms with van der Waals surface area (Å²) in [7, 11) is 0. The lowest BCUT2D eigenvalue weighted by atomic mass is 10.3. The van der Waals surface area contributed by atoms with Gasteiger partial charge in [-0.15, -0.1) is 0 Å². The van der Waals surface area contributed by atoms with E-state index in [1.165, 1.54) is 0 Å². The lowest BCUT2D eigenvalue weighted by Gasteiger charge is -2.19. The van der Waals surface area contributed by atoms with Crippen LogP contribution in [0.2, 0.25) is 0 Å². The number of rotatable bonds is 7. The van der Waals surface area contributed by atoms with Crippen LogP contribution in [0.3, 0.4) is 0 Å². The number of benzene rings is 1. The first-order valence-electron chi connectivity index (χ1n) is 8.16. The molecule has 0 spiro atoms. The van der Waals surface area contributed by atoms with Crippen molar-refractivity contribution in [1.82, 2.24) is 9.97 Å². The summed E-state index contributed by atoms with van der Waals surface area (Å²) in [5.41, 5.74) is 1.92. The van der Waals surface area contributed by atoms with Crippen LogP contribution in [0, 0.1) is 6.92 Å². The van der Waals surface area contributed by atoms with Crippen LogP contribution in [0.25, 0.3) is 0 Å². The minimum absolute atomic E-state index is 0.176. The molecule has 2 aromatic rings. The molecule has 1 heterocycles. The fraction of sp³-hybridized carbons (Fsp3) is 0.444. The van der Waals surface area contributed by atoms with Crippen molar-refractivity contribution in [1.29, 1.82) is 0 Å². The van der Waals surface area contributed by atoms with Crippen LogP contribution in [0.5, 0.6) is 5.75 Å². The number of nitrogens with one attached hydrogen (secondary N) is 1. The third-order valence-corrected chi connectivity index (χ3v) is 3.39. The Morgan fingerprint density at radius 1 is 1.09 bits per heavy atom. The van der Waals surface area contributed by atoms with E-state index in [4.69, 9.17) is 4.74 Å². The number of nitrogens with zero attached hydrogens (tertiary/aromatic N) is 3. The molecule has 1 N–H and O–H groups in total. The van der Waals surface area contributed by atoms with Crippen LogP contribution in [-0.4, -0.2) is 29.2 Å². The molecule has 0 aliphatic rings. The molecule has 0 bridgehead atoms. The van der Waals surface area contributed by atoms with Crippen molar-refractivity contribution < 1.29 is 4.74 Å². The second kappa shape index (κ2) is 7.81. The molecule has 2 rings (SSSR count). The third-order valence-electron chi connectivity index (χ3n) is 3.39. The Balaban J connectivity index is 2.16. The molecule has 1 aromatic carbocycles. The number of aromatic nitrogens is 2.